The van der Waals surface area contributed by atoms with Crippen LogP contribution in [-0.2, 0) is 0 Å². The number of rotatable bonds is 6. The molecule has 1 aliphatic heterocycles. The van der Waals surface area contributed by atoms with Gasteiger partial charge >= 0.3 is 0 Å². The van der Waals surface area contributed by atoms with Crippen LogP contribution in [0.15, 0.2) is 18.2 Å². The highest BCUT2D eigenvalue weighted by molar-refractivity contribution is 5.61. The van der Waals surface area contributed by atoms with Gasteiger partial charge in [0.25, 0.3) is 0 Å². The molecule has 112 valence electrons. The van der Waals surface area contributed by atoms with E-state index in [2.05, 4.69) is 42.3 Å². The standard InChI is InChI=1S/C17H28N2O/c1-5-7-14-10-11-19(12-14)15-8-6-9-16(20-4)17(15)13(2)18-3/h6,8-9,13-14,18H,5,7,10-12H2,1-4H3. The molecule has 0 aromatic heterocycles. The lowest BCUT2D eigenvalue weighted by molar-refractivity contribution is 0.404. The number of ether oxygens (including phenoxy) is 1. The molecule has 1 aliphatic rings. The maximum Gasteiger partial charge on any atom is 0.125 e. The first-order valence-corrected chi connectivity index (χ1v) is 7.80. The van der Waals surface area contributed by atoms with E-state index < -0.39 is 0 Å². The lowest BCUT2D eigenvalue weighted by Crippen LogP contribution is -2.24. The predicted octanol–water partition coefficient (Wildman–Crippen LogP) is 3.60. The zero-order chi connectivity index (χ0) is 14.5. The highest BCUT2D eigenvalue weighted by Gasteiger charge is 2.26. The molecule has 2 atom stereocenters. The predicted molar refractivity (Wildman–Crippen MR) is 85.7 cm³/mol. The highest BCUT2D eigenvalue weighted by atomic mass is 16.5. The molecule has 2 unspecified atom stereocenters. The summed E-state index contributed by atoms with van der Waals surface area (Å²) < 4.78 is 5.58. The molecule has 0 saturated carbocycles. The quantitative estimate of drug-likeness (QED) is 0.859. The first kappa shape index (κ1) is 15.2. The van der Waals surface area contributed by atoms with Gasteiger partial charge in [-0.25, -0.2) is 0 Å². The van der Waals surface area contributed by atoms with Gasteiger partial charge in [-0.3, -0.25) is 0 Å². The molecule has 1 N–H and O–H groups in total. The first-order chi connectivity index (χ1) is 9.71. The van der Waals surface area contributed by atoms with Crippen LogP contribution in [0.4, 0.5) is 5.69 Å². The van der Waals surface area contributed by atoms with Crippen molar-refractivity contribution >= 4 is 5.69 Å². The van der Waals surface area contributed by atoms with E-state index >= 15 is 0 Å². The Bertz CT molecular complexity index is 433. The van der Waals surface area contributed by atoms with Crippen molar-refractivity contribution in [3.8, 4) is 5.75 Å². The molecule has 1 fully saturated rings. The number of nitrogens with one attached hydrogen (secondary N) is 1. The normalized spacial score (nSPS) is 20.2. The fraction of sp³-hybridized carbons (Fsp3) is 0.647. The second-order valence-corrected chi connectivity index (χ2v) is 5.79. The Labute approximate surface area is 123 Å². The molecule has 1 saturated heterocycles. The summed E-state index contributed by atoms with van der Waals surface area (Å²) in [5.41, 5.74) is 2.62. The van der Waals surface area contributed by atoms with Gasteiger partial charge < -0.3 is 15.0 Å². The summed E-state index contributed by atoms with van der Waals surface area (Å²) >= 11 is 0. The molecular formula is C17H28N2O. The molecule has 0 aliphatic carbocycles. The minimum atomic E-state index is 0.298. The average Bonchev–Trinajstić information content (AvgIpc) is 2.94. The van der Waals surface area contributed by atoms with E-state index in [1.165, 1.54) is 43.6 Å². The molecule has 3 nitrogen and oxygen atoms in total. The Morgan fingerprint density at radius 3 is 2.90 bits per heavy atom. The fourth-order valence-electron chi connectivity index (χ4n) is 3.26. The summed E-state index contributed by atoms with van der Waals surface area (Å²) in [6, 6.07) is 6.70. The molecule has 2 rings (SSSR count). The van der Waals surface area contributed by atoms with Crippen molar-refractivity contribution < 1.29 is 4.74 Å². The van der Waals surface area contributed by atoms with E-state index in [-0.39, 0.29) is 0 Å². The van der Waals surface area contributed by atoms with Gasteiger partial charge in [0, 0.05) is 30.4 Å². The number of nitrogens with zero attached hydrogens (tertiary/aromatic N) is 1. The largest absolute Gasteiger partial charge is 0.496 e. The van der Waals surface area contributed by atoms with Crippen molar-refractivity contribution in [1.29, 1.82) is 0 Å². The van der Waals surface area contributed by atoms with Gasteiger partial charge in [-0.15, -0.1) is 0 Å². The fourth-order valence-corrected chi connectivity index (χ4v) is 3.26. The monoisotopic (exact) mass is 276 g/mol. The molecule has 1 aromatic rings. The molecule has 0 amide bonds. The molecule has 3 heteroatoms. The molecule has 1 heterocycles. The number of hydrogen-bond acceptors (Lipinski definition) is 3. The van der Waals surface area contributed by atoms with E-state index in [0.717, 1.165) is 11.7 Å². The van der Waals surface area contributed by atoms with Crippen molar-refractivity contribution in [3.05, 3.63) is 23.8 Å². The van der Waals surface area contributed by atoms with Crippen LogP contribution < -0.4 is 15.0 Å². The first-order valence-electron chi connectivity index (χ1n) is 7.80. The number of anilines is 1. The molecule has 20 heavy (non-hydrogen) atoms. The van der Waals surface area contributed by atoms with E-state index in [1.807, 2.05) is 7.05 Å². The van der Waals surface area contributed by atoms with Crippen molar-refractivity contribution in [1.82, 2.24) is 5.32 Å². The Balaban J connectivity index is 2.27. The Morgan fingerprint density at radius 2 is 2.25 bits per heavy atom. The summed E-state index contributed by atoms with van der Waals surface area (Å²) in [6.45, 7) is 6.83. The topological polar surface area (TPSA) is 24.5 Å². The molecule has 0 spiro atoms. The maximum absolute atomic E-state index is 5.58. The Morgan fingerprint density at radius 1 is 1.45 bits per heavy atom. The van der Waals surface area contributed by atoms with Gasteiger partial charge in [-0.2, -0.15) is 0 Å². The van der Waals surface area contributed by atoms with E-state index in [9.17, 15) is 0 Å². The van der Waals surface area contributed by atoms with Crippen LogP contribution in [0.5, 0.6) is 5.75 Å². The van der Waals surface area contributed by atoms with Crippen LogP contribution in [0.1, 0.15) is 44.7 Å². The van der Waals surface area contributed by atoms with E-state index in [1.54, 1.807) is 7.11 Å². The van der Waals surface area contributed by atoms with Gasteiger partial charge in [0.05, 0.1) is 7.11 Å². The summed E-state index contributed by atoms with van der Waals surface area (Å²) in [4.78, 5) is 2.53. The minimum absolute atomic E-state index is 0.298. The van der Waals surface area contributed by atoms with Gasteiger partial charge in [0.15, 0.2) is 0 Å². The Kier molecular flexibility index (Phi) is 5.30. The molecule has 0 bridgehead atoms. The number of hydrogen-bond donors (Lipinski definition) is 1. The number of benzene rings is 1. The SMILES string of the molecule is CCCC1CCN(c2cccc(OC)c2C(C)NC)C1. The Hall–Kier alpha value is -1.22. The minimum Gasteiger partial charge on any atom is -0.496 e. The molecular weight excluding hydrogens is 248 g/mol. The van der Waals surface area contributed by atoms with Crippen LogP contribution in [0.2, 0.25) is 0 Å². The van der Waals surface area contributed by atoms with Crippen molar-refractivity contribution in [3.63, 3.8) is 0 Å². The van der Waals surface area contributed by atoms with Crippen molar-refractivity contribution in [2.45, 2.75) is 39.2 Å². The third-order valence-electron chi connectivity index (χ3n) is 4.45. The maximum atomic E-state index is 5.58. The molecule has 0 radical (unpaired) electrons. The summed E-state index contributed by atoms with van der Waals surface area (Å²) in [7, 11) is 3.76. The van der Waals surface area contributed by atoms with Crippen LogP contribution in [0.25, 0.3) is 0 Å². The second kappa shape index (κ2) is 6.98. The van der Waals surface area contributed by atoms with E-state index in [4.69, 9.17) is 4.74 Å². The van der Waals surface area contributed by atoms with Crippen LogP contribution >= 0.6 is 0 Å². The third-order valence-corrected chi connectivity index (χ3v) is 4.45. The lowest BCUT2D eigenvalue weighted by atomic mass is 10.0. The zero-order valence-electron chi connectivity index (χ0n) is 13.3. The average molecular weight is 276 g/mol. The van der Waals surface area contributed by atoms with Gasteiger partial charge in [-0.1, -0.05) is 19.4 Å². The van der Waals surface area contributed by atoms with Crippen LogP contribution in [0, 0.1) is 5.92 Å². The smallest absolute Gasteiger partial charge is 0.125 e. The van der Waals surface area contributed by atoms with E-state index in [0.29, 0.717) is 6.04 Å². The van der Waals surface area contributed by atoms with Gasteiger partial charge in [-0.05, 0) is 44.9 Å². The molecule has 1 aromatic carbocycles. The summed E-state index contributed by atoms with van der Waals surface area (Å²) in [5.74, 6) is 1.84. The second-order valence-electron chi connectivity index (χ2n) is 5.79. The zero-order valence-corrected chi connectivity index (χ0v) is 13.3. The van der Waals surface area contributed by atoms with Crippen LogP contribution in [0.3, 0.4) is 0 Å². The summed E-state index contributed by atoms with van der Waals surface area (Å²) in [5, 5.41) is 3.35. The lowest BCUT2D eigenvalue weighted by Gasteiger charge is -2.26. The van der Waals surface area contributed by atoms with Crippen molar-refractivity contribution in [2.24, 2.45) is 5.92 Å². The number of methoxy groups -OCH3 is 1. The van der Waals surface area contributed by atoms with Crippen molar-refractivity contribution in [2.75, 3.05) is 32.1 Å². The third kappa shape index (κ3) is 3.09. The summed E-state index contributed by atoms with van der Waals surface area (Å²) in [6.07, 6.45) is 3.95. The highest BCUT2D eigenvalue weighted by Crippen LogP contribution is 2.37. The van der Waals surface area contributed by atoms with Gasteiger partial charge in [0.2, 0.25) is 0 Å². The van der Waals surface area contributed by atoms with Gasteiger partial charge in [0.1, 0.15) is 5.75 Å². The van der Waals surface area contributed by atoms with Crippen LogP contribution in [-0.4, -0.2) is 27.2 Å².